The Hall–Kier alpha value is -3.48. The number of carbonyl (C=O) groups excluding carboxylic acids is 1. The predicted molar refractivity (Wildman–Crippen MR) is 94.5 cm³/mol. The SMILES string of the molecule is Cc1ccc(OCC(=O)OCc2cc(-c3ccc4c(c3)OCO4)on2)cc1. The summed E-state index contributed by atoms with van der Waals surface area (Å²) in [5.41, 5.74) is 2.42. The summed E-state index contributed by atoms with van der Waals surface area (Å²) >= 11 is 0. The third kappa shape index (κ3) is 4.03. The summed E-state index contributed by atoms with van der Waals surface area (Å²) in [5.74, 6) is 2.04. The van der Waals surface area contributed by atoms with Gasteiger partial charge in [0.15, 0.2) is 23.9 Å². The minimum atomic E-state index is -0.483. The highest BCUT2D eigenvalue weighted by atomic mass is 16.7. The molecule has 0 fully saturated rings. The highest BCUT2D eigenvalue weighted by Crippen LogP contribution is 2.36. The summed E-state index contributed by atoms with van der Waals surface area (Å²) in [6.07, 6.45) is 0. The second kappa shape index (κ2) is 7.41. The van der Waals surface area contributed by atoms with Gasteiger partial charge in [-0.25, -0.2) is 4.79 Å². The minimum absolute atomic E-state index is 0.00411. The van der Waals surface area contributed by atoms with Crippen LogP contribution in [0.3, 0.4) is 0 Å². The maximum Gasteiger partial charge on any atom is 0.344 e. The van der Waals surface area contributed by atoms with E-state index >= 15 is 0 Å². The van der Waals surface area contributed by atoms with Gasteiger partial charge in [-0.3, -0.25) is 0 Å². The van der Waals surface area contributed by atoms with Gasteiger partial charge < -0.3 is 23.5 Å². The maximum atomic E-state index is 11.8. The second-order valence-corrected chi connectivity index (χ2v) is 6.01. The molecule has 0 atom stereocenters. The first-order valence-electron chi connectivity index (χ1n) is 8.38. The monoisotopic (exact) mass is 367 g/mol. The molecule has 0 spiro atoms. The lowest BCUT2D eigenvalue weighted by atomic mass is 10.1. The molecule has 2 aromatic carbocycles. The molecule has 1 aliphatic rings. The molecule has 1 aromatic heterocycles. The molecule has 27 heavy (non-hydrogen) atoms. The molecule has 3 aromatic rings. The summed E-state index contributed by atoms with van der Waals surface area (Å²) in [5, 5.41) is 3.92. The fraction of sp³-hybridized carbons (Fsp3) is 0.200. The van der Waals surface area contributed by atoms with Gasteiger partial charge in [0.1, 0.15) is 18.1 Å². The standard InChI is InChI=1S/C20H17NO6/c1-13-2-5-16(6-3-13)23-11-20(22)24-10-15-9-18(27-21-15)14-4-7-17-19(8-14)26-12-25-17/h2-9H,10-12H2,1H3. The van der Waals surface area contributed by atoms with E-state index in [9.17, 15) is 4.79 Å². The molecule has 0 saturated carbocycles. The van der Waals surface area contributed by atoms with E-state index in [2.05, 4.69) is 5.16 Å². The van der Waals surface area contributed by atoms with E-state index < -0.39 is 5.97 Å². The van der Waals surface area contributed by atoms with Crippen molar-refractivity contribution in [2.75, 3.05) is 13.4 Å². The van der Waals surface area contributed by atoms with Gasteiger partial charge in [0, 0.05) is 11.6 Å². The van der Waals surface area contributed by atoms with Crippen LogP contribution in [0.25, 0.3) is 11.3 Å². The quantitative estimate of drug-likeness (QED) is 0.617. The lowest BCUT2D eigenvalue weighted by Gasteiger charge is -2.06. The number of nitrogens with zero attached hydrogens (tertiary/aromatic N) is 1. The van der Waals surface area contributed by atoms with E-state index in [1.54, 1.807) is 18.2 Å². The Morgan fingerprint density at radius 2 is 1.89 bits per heavy atom. The number of hydrogen-bond acceptors (Lipinski definition) is 7. The lowest BCUT2D eigenvalue weighted by molar-refractivity contribution is -0.147. The number of rotatable bonds is 6. The highest BCUT2D eigenvalue weighted by molar-refractivity contribution is 5.71. The van der Waals surface area contributed by atoms with Crippen molar-refractivity contribution < 1.29 is 28.3 Å². The smallest absolute Gasteiger partial charge is 0.344 e. The van der Waals surface area contributed by atoms with Crippen molar-refractivity contribution in [3.05, 3.63) is 59.8 Å². The number of fused-ring (bicyclic) bond motifs is 1. The Bertz CT molecular complexity index is 947. The molecular formula is C20H17NO6. The number of benzene rings is 2. The zero-order chi connectivity index (χ0) is 18.6. The average molecular weight is 367 g/mol. The van der Waals surface area contributed by atoms with Gasteiger partial charge in [-0.2, -0.15) is 0 Å². The highest BCUT2D eigenvalue weighted by Gasteiger charge is 2.16. The largest absolute Gasteiger partial charge is 0.482 e. The molecule has 0 aliphatic carbocycles. The molecule has 0 unspecified atom stereocenters. The first-order valence-corrected chi connectivity index (χ1v) is 8.38. The van der Waals surface area contributed by atoms with Gasteiger partial charge >= 0.3 is 5.97 Å². The van der Waals surface area contributed by atoms with Gasteiger partial charge in [0.2, 0.25) is 6.79 Å². The topological polar surface area (TPSA) is 80.0 Å². The number of ether oxygens (including phenoxy) is 4. The number of carbonyl (C=O) groups is 1. The van der Waals surface area contributed by atoms with Crippen molar-refractivity contribution in [3.8, 4) is 28.6 Å². The van der Waals surface area contributed by atoms with Gasteiger partial charge in [0.25, 0.3) is 0 Å². The molecule has 0 radical (unpaired) electrons. The lowest BCUT2D eigenvalue weighted by Crippen LogP contribution is -2.14. The Morgan fingerprint density at radius 1 is 1.07 bits per heavy atom. The van der Waals surface area contributed by atoms with Crippen LogP contribution in [0.2, 0.25) is 0 Å². The van der Waals surface area contributed by atoms with Crippen LogP contribution < -0.4 is 14.2 Å². The summed E-state index contributed by atoms with van der Waals surface area (Å²) in [4.78, 5) is 11.8. The Morgan fingerprint density at radius 3 is 2.74 bits per heavy atom. The zero-order valence-electron chi connectivity index (χ0n) is 14.6. The Balaban J connectivity index is 1.30. The van der Waals surface area contributed by atoms with Crippen molar-refractivity contribution in [1.29, 1.82) is 0 Å². The Labute approximate surface area is 155 Å². The summed E-state index contributed by atoms with van der Waals surface area (Å²) < 4.78 is 26.5. The van der Waals surface area contributed by atoms with Crippen LogP contribution >= 0.6 is 0 Å². The van der Waals surface area contributed by atoms with Gasteiger partial charge in [-0.05, 0) is 37.3 Å². The normalized spacial score (nSPS) is 12.0. The van der Waals surface area contributed by atoms with Crippen LogP contribution in [-0.4, -0.2) is 24.5 Å². The van der Waals surface area contributed by atoms with Crippen molar-refractivity contribution in [2.45, 2.75) is 13.5 Å². The van der Waals surface area contributed by atoms with E-state index in [0.717, 1.165) is 11.1 Å². The summed E-state index contributed by atoms with van der Waals surface area (Å²) in [7, 11) is 0. The number of hydrogen-bond donors (Lipinski definition) is 0. The molecule has 0 bridgehead atoms. The first kappa shape index (κ1) is 17.0. The summed E-state index contributed by atoms with van der Waals surface area (Å²) in [6, 6.07) is 14.6. The first-order chi connectivity index (χ1) is 13.2. The second-order valence-electron chi connectivity index (χ2n) is 6.01. The predicted octanol–water partition coefficient (Wildman–Crippen LogP) is 3.50. The minimum Gasteiger partial charge on any atom is -0.482 e. The van der Waals surface area contributed by atoms with Crippen molar-refractivity contribution in [2.24, 2.45) is 0 Å². The van der Waals surface area contributed by atoms with Crippen molar-refractivity contribution in [1.82, 2.24) is 5.16 Å². The zero-order valence-corrected chi connectivity index (χ0v) is 14.6. The van der Waals surface area contributed by atoms with Crippen LogP contribution in [-0.2, 0) is 16.1 Å². The molecule has 7 heteroatoms. The molecule has 0 amide bonds. The van der Waals surface area contributed by atoms with E-state index in [1.807, 2.05) is 37.3 Å². The molecule has 4 rings (SSSR count). The molecule has 1 aliphatic heterocycles. The van der Waals surface area contributed by atoms with E-state index in [1.165, 1.54) is 0 Å². The van der Waals surface area contributed by atoms with Gasteiger partial charge in [0.05, 0.1) is 0 Å². The van der Waals surface area contributed by atoms with Crippen LogP contribution in [0, 0.1) is 6.92 Å². The molecule has 0 N–H and O–H groups in total. The molecular weight excluding hydrogens is 350 g/mol. The van der Waals surface area contributed by atoms with Crippen LogP contribution in [0.5, 0.6) is 17.2 Å². The van der Waals surface area contributed by atoms with Gasteiger partial charge in [-0.1, -0.05) is 22.9 Å². The fourth-order valence-electron chi connectivity index (χ4n) is 2.54. The van der Waals surface area contributed by atoms with Crippen LogP contribution in [0.1, 0.15) is 11.3 Å². The molecule has 0 saturated heterocycles. The van der Waals surface area contributed by atoms with Crippen LogP contribution in [0.15, 0.2) is 53.1 Å². The van der Waals surface area contributed by atoms with Crippen LogP contribution in [0.4, 0.5) is 0 Å². The number of aryl methyl sites for hydroxylation is 1. The van der Waals surface area contributed by atoms with Crippen molar-refractivity contribution in [3.63, 3.8) is 0 Å². The molecule has 2 heterocycles. The molecule has 7 nitrogen and oxygen atoms in total. The summed E-state index contributed by atoms with van der Waals surface area (Å²) in [6.45, 7) is 2.02. The average Bonchev–Trinajstić information content (AvgIpc) is 3.34. The third-order valence-electron chi connectivity index (χ3n) is 3.97. The van der Waals surface area contributed by atoms with E-state index in [-0.39, 0.29) is 20.0 Å². The molecule has 138 valence electrons. The Kier molecular flexibility index (Phi) is 4.65. The maximum absolute atomic E-state index is 11.8. The third-order valence-corrected chi connectivity index (χ3v) is 3.97. The van der Waals surface area contributed by atoms with E-state index in [4.69, 9.17) is 23.5 Å². The fourth-order valence-corrected chi connectivity index (χ4v) is 2.54. The number of esters is 1. The van der Waals surface area contributed by atoms with E-state index in [0.29, 0.717) is 28.7 Å². The number of aromatic nitrogens is 1. The van der Waals surface area contributed by atoms with Gasteiger partial charge in [-0.15, -0.1) is 0 Å². The van der Waals surface area contributed by atoms with Crippen molar-refractivity contribution >= 4 is 5.97 Å².